The molecule has 0 saturated carbocycles. The van der Waals surface area contributed by atoms with Crippen LogP contribution in [0.1, 0.15) is 39.0 Å². The number of nitrogens with zero attached hydrogens (tertiary/aromatic N) is 1. The average Bonchev–Trinajstić information content (AvgIpc) is 2.39. The molecule has 3 unspecified atom stereocenters. The molecule has 2 rings (SSSR count). The van der Waals surface area contributed by atoms with Gasteiger partial charge in [0.1, 0.15) is 0 Å². The van der Waals surface area contributed by atoms with Gasteiger partial charge in [-0.2, -0.15) is 0 Å². The SMILES string of the molecule is CCC1CN(C(=O)C2CCCCS2)CCC1N. The normalized spacial score (nSPS) is 34.7. The number of amides is 1. The van der Waals surface area contributed by atoms with Gasteiger partial charge in [-0.15, -0.1) is 11.8 Å². The molecule has 2 saturated heterocycles. The van der Waals surface area contributed by atoms with Crippen LogP contribution < -0.4 is 5.73 Å². The highest BCUT2D eigenvalue weighted by molar-refractivity contribution is 8.00. The van der Waals surface area contributed by atoms with Crippen molar-refractivity contribution in [1.82, 2.24) is 4.90 Å². The Morgan fingerprint density at radius 2 is 2.24 bits per heavy atom. The van der Waals surface area contributed by atoms with E-state index in [2.05, 4.69) is 11.8 Å². The molecule has 0 radical (unpaired) electrons. The third-order valence-corrected chi connectivity index (χ3v) is 5.45. The van der Waals surface area contributed by atoms with Crippen molar-refractivity contribution in [2.75, 3.05) is 18.8 Å². The van der Waals surface area contributed by atoms with Gasteiger partial charge in [0.2, 0.25) is 5.91 Å². The Labute approximate surface area is 108 Å². The molecule has 0 aromatic heterocycles. The molecule has 0 bridgehead atoms. The van der Waals surface area contributed by atoms with Crippen LogP contribution in [-0.4, -0.2) is 40.9 Å². The summed E-state index contributed by atoms with van der Waals surface area (Å²) in [4.78, 5) is 14.5. The Bertz CT molecular complexity index is 266. The summed E-state index contributed by atoms with van der Waals surface area (Å²) >= 11 is 1.85. The highest BCUT2D eigenvalue weighted by Gasteiger charge is 2.32. The molecule has 3 nitrogen and oxygen atoms in total. The molecule has 17 heavy (non-hydrogen) atoms. The maximum absolute atomic E-state index is 12.4. The van der Waals surface area contributed by atoms with Crippen molar-refractivity contribution < 1.29 is 4.79 Å². The molecule has 0 spiro atoms. The maximum Gasteiger partial charge on any atom is 0.235 e. The Morgan fingerprint density at radius 3 is 2.88 bits per heavy atom. The fourth-order valence-electron chi connectivity index (χ4n) is 2.82. The van der Waals surface area contributed by atoms with Crippen molar-refractivity contribution in [3.8, 4) is 0 Å². The predicted molar refractivity (Wildman–Crippen MR) is 73.1 cm³/mol. The standard InChI is InChI=1S/C13H24N2OS/c1-2-10-9-15(7-6-11(10)14)13(16)12-5-3-4-8-17-12/h10-12H,2-9,14H2,1H3. The molecule has 0 aromatic carbocycles. The summed E-state index contributed by atoms with van der Waals surface area (Å²) in [6.45, 7) is 3.93. The van der Waals surface area contributed by atoms with E-state index in [1.54, 1.807) is 0 Å². The Hall–Kier alpha value is -0.220. The number of likely N-dealkylation sites (tertiary alicyclic amines) is 1. The van der Waals surface area contributed by atoms with E-state index in [9.17, 15) is 4.79 Å². The number of rotatable bonds is 2. The van der Waals surface area contributed by atoms with E-state index < -0.39 is 0 Å². The quantitative estimate of drug-likeness (QED) is 0.820. The van der Waals surface area contributed by atoms with Crippen molar-refractivity contribution in [3.63, 3.8) is 0 Å². The van der Waals surface area contributed by atoms with Crippen LogP contribution in [0.15, 0.2) is 0 Å². The van der Waals surface area contributed by atoms with Crippen LogP contribution in [0, 0.1) is 5.92 Å². The number of piperidine rings is 1. The first-order chi connectivity index (χ1) is 8.22. The van der Waals surface area contributed by atoms with Crippen molar-refractivity contribution in [2.45, 2.75) is 50.3 Å². The van der Waals surface area contributed by atoms with Gasteiger partial charge in [-0.1, -0.05) is 19.8 Å². The number of carbonyl (C=O) groups is 1. The predicted octanol–water partition coefficient (Wildman–Crippen LogP) is 1.86. The van der Waals surface area contributed by atoms with E-state index in [0.29, 0.717) is 17.9 Å². The Morgan fingerprint density at radius 1 is 1.41 bits per heavy atom. The molecule has 1 amide bonds. The summed E-state index contributed by atoms with van der Waals surface area (Å²) in [6.07, 6.45) is 5.62. The second-order valence-corrected chi connectivity index (χ2v) is 6.57. The van der Waals surface area contributed by atoms with Gasteiger partial charge in [-0.05, 0) is 30.9 Å². The molecule has 98 valence electrons. The largest absolute Gasteiger partial charge is 0.341 e. The highest BCUT2D eigenvalue weighted by Crippen LogP contribution is 2.28. The Balaban J connectivity index is 1.90. The lowest BCUT2D eigenvalue weighted by Gasteiger charge is -2.38. The third kappa shape index (κ3) is 3.16. The van der Waals surface area contributed by atoms with Crippen LogP contribution in [0.2, 0.25) is 0 Å². The van der Waals surface area contributed by atoms with Gasteiger partial charge < -0.3 is 10.6 Å². The zero-order chi connectivity index (χ0) is 12.3. The van der Waals surface area contributed by atoms with Crippen LogP contribution >= 0.6 is 11.8 Å². The molecule has 0 aromatic rings. The minimum Gasteiger partial charge on any atom is -0.341 e. The summed E-state index contributed by atoms with van der Waals surface area (Å²) in [5, 5.41) is 0.232. The number of nitrogens with two attached hydrogens (primary N) is 1. The van der Waals surface area contributed by atoms with Crippen LogP contribution in [0.3, 0.4) is 0 Å². The zero-order valence-corrected chi connectivity index (χ0v) is 11.5. The van der Waals surface area contributed by atoms with Crippen molar-refractivity contribution in [3.05, 3.63) is 0 Å². The first-order valence-electron chi connectivity index (χ1n) is 6.88. The lowest BCUT2D eigenvalue weighted by Crippen LogP contribution is -2.51. The lowest BCUT2D eigenvalue weighted by atomic mass is 9.90. The summed E-state index contributed by atoms with van der Waals surface area (Å²) in [7, 11) is 0. The van der Waals surface area contributed by atoms with Gasteiger partial charge >= 0.3 is 0 Å². The summed E-state index contributed by atoms with van der Waals surface area (Å²) in [5.74, 6) is 2.03. The zero-order valence-electron chi connectivity index (χ0n) is 10.7. The maximum atomic E-state index is 12.4. The molecule has 2 aliphatic rings. The number of carbonyl (C=O) groups excluding carboxylic acids is 1. The van der Waals surface area contributed by atoms with Crippen LogP contribution in [0.25, 0.3) is 0 Å². The van der Waals surface area contributed by atoms with Crippen LogP contribution in [0.4, 0.5) is 0 Å². The average molecular weight is 256 g/mol. The summed E-state index contributed by atoms with van der Waals surface area (Å²) in [6, 6.07) is 0.294. The van der Waals surface area contributed by atoms with Crippen LogP contribution in [0.5, 0.6) is 0 Å². The molecule has 2 aliphatic heterocycles. The molecule has 4 heteroatoms. The van der Waals surface area contributed by atoms with E-state index in [1.165, 1.54) is 12.8 Å². The van der Waals surface area contributed by atoms with Gasteiger partial charge in [0.05, 0.1) is 5.25 Å². The van der Waals surface area contributed by atoms with Crippen molar-refractivity contribution >= 4 is 17.7 Å². The minimum atomic E-state index is 0.232. The molecule has 0 aliphatic carbocycles. The fraction of sp³-hybridized carbons (Fsp3) is 0.923. The smallest absolute Gasteiger partial charge is 0.235 e. The molecular formula is C13H24N2OS. The molecule has 2 N–H and O–H groups in total. The first kappa shape index (κ1) is 13.2. The first-order valence-corrected chi connectivity index (χ1v) is 7.93. The van der Waals surface area contributed by atoms with E-state index in [0.717, 1.165) is 38.1 Å². The number of hydrogen-bond acceptors (Lipinski definition) is 3. The van der Waals surface area contributed by atoms with Gasteiger partial charge in [0.25, 0.3) is 0 Å². The second kappa shape index (κ2) is 6.10. The van der Waals surface area contributed by atoms with E-state index in [-0.39, 0.29) is 5.25 Å². The molecule has 2 heterocycles. The third-order valence-electron chi connectivity index (χ3n) is 4.08. The molecular weight excluding hydrogens is 232 g/mol. The lowest BCUT2D eigenvalue weighted by molar-refractivity contribution is -0.132. The van der Waals surface area contributed by atoms with Gasteiger partial charge in [0, 0.05) is 19.1 Å². The number of thioether (sulfide) groups is 1. The van der Waals surface area contributed by atoms with Crippen molar-refractivity contribution in [2.24, 2.45) is 11.7 Å². The minimum absolute atomic E-state index is 0.232. The van der Waals surface area contributed by atoms with E-state index >= 15 is 0 Å². The van der Waals surface area contributed by atoms with Gasteiger partial charge in [-0.3, -0.25) is 4.79 Å². The Kier molecular flexibility index (Phi) is 4.74. The fourth-order valence-corrected chi connectivity index (χ4v) is 4.10. The highest BCUT2D eigenvalue weighted by atomic mass is 32.2. The van der Waals surface area contributed by atoms with E-state index in [4.69, 9.17) is 5.73 Å². The summed E-state index contributed by atoms with van der Waals surface area (Å²) in [5.41, 5.74) is 6.09. The number of hydrogen-bond donors (Lipinski definition) is 1. The van der Waals surface area contributed by atoms with Crippen molar-refractivity contribution in [1.29, 1.82) is 0 Å². The molecule has 3 atom stereocenters. The van der Waals surface area contributed by atoms with E-state index in [1.807, 2.05) is 11.8 Å². The second-order valence-electron chi connectivity index (χ2n) is 5.26. The monoisotopic (exact) mass is 256 g/mol. The topological polar surface area (TPSA) is 46.3 Å². The van der Waals surface area contributed by atoms with Gasteiger partial charge in [0.15, 0.2) is 0 Å². The van der Waals surface area contributed by atoms with Gasteiger partial charge in [-0.25, -0.2) is 0 Å². The molecule has 2 fully saturated rings. The van der Waals surface area contributed by atoms with Crippen LogP contribution in [-0.2, 0) is 4.79 Å². The summed E-state index contributed by atoms with van der Waals surface area (Å²) < 4.78 is 0.